The molecule has 0 aliphatic heterocycles. The molecule has 3 aromatic rings. The summed E-state index contributed by atoms with van der Waals surface area (Å²) in [5.74, 6) is -1.50. The quantitative estimate of drug-likeness (QED) is 0.680. The number of hydrogen-bond acceptors (Lipinski definition) is 3. The number of carbonyl (C=O) groups is 1. The summed E-state index contributed by atoms with van der Waals surface area (Å²) in [7, 11) is 0. The predicted octanol–water partition coefficient (Wildman–Crippen LogP) is 4.00. The molecule has 150 valence electrons. The van der Waals surface area contributed by atoms with E-state index in [1.165, 1.54) is 21.8 Å². The van der Waals surface area contributed by atoms with Gasteiger partial charge in [-0.05, 0) is 36.2 Å². The molecule has 29 heavy (non-hydrogen) atoms. The molecule has 0 unspecified atom stereocenters. The second kappa shape index (κ2) is 8.64. The van der Waals surface area contributed by atoms with Crippen LogP contribution >= 0.6 is 0 Å². The van der Waals surface area contributed by atoms with Crippen LogP contribution in [-0.2, 0) is 6.42 Å². The first-order valence-corrected chi connectivity index (χ1v) is 9.02. The van der Waals surface area contributed by atoms with Gasteiger partial charge in [0.25, 0.3) is 0 Å². The monoisotopic (exact) mass is 399 g/mol. The number of nitrogens with zero attached hydrogens (tertiary/aromatic N) is 3. The fraction of sp³-hybridized carbons (Fsp3) is 0.190. The highest BCUT2D eigenvalue weighted by molar-refractivity contribution is 5.86. The molecule has 0 aliphatic rings. The van der Waals surface area contributed by atoms with Gasteiger partial charge in [-0.15, -0.1) is 0 Å². The van der Waals surface area contributed by atoms with Crippen LogP contribution in [0.4, 0.5) is 19.3 Å². The van der Waals surface area contributed by atoms with Crippen LogP contribution in [0.1, 0.15) is 24.6 Å². The lowest BCUT2D eigenvalue weighted by Crippen LogP contribution is -2.29. The first-order valence-electron chi connectivity index (χ1n) is 9.02. The smallest absolute Gasteiger partial charge is 0.411 e. The number of amides is 1. The minimum absolute atomic E-state index is 0.144. The number of hydrogen-bond donors (Lipinski definition) is 1. The third-order valence-corrected chi connectivity index (χ3v) is 4.26. The van der Waals surface area contributed by atoms with Crippen LogP contribution in [-0.4, -0.2) is 27.5 Å². The average Bonchev–Trinajstić information content (AvgIpc) is 2.67. The van der Waals surface area contributed by atoms with Crippen molar-refractivity contribution in [2.45, 2.75) is 19.8 Å². The van der Waals surface area contributed by atoms with E-state index in [1.807, 2.05) is 6.92 Å². The van der Waals surface area contributed by atoms with E-state index >= 15 is 0 Å². The van der Waals surface area contributed by atoms with Crippen LogP contribution in [0.2, 0.25) is 0 Å². The zero-order valence-electron chi connectivity index (χ0n) is 15.7. The number of carboxylic acid groups (broad SMARTS) is 1. The molecule has 0 bridgehead atoms. The van der Waals surface area contributed by atoms with Crippen molar-refractivity contribution in [3.8, 4) is 5.69 Å². The maximum Gasteiger partial charge on any atom is 0.411 e. The van der Waals surface area contributed by atoms with Crippen molar-refractivity contribution in [3.63, 3.8) is 0 Å². The van der Waals surface area contributed by atoms with Crippen LogP contribution in [0.25, 0.3) is 5.69 Å². The van der Waals surface area contributed by atoms with E-state index in [2.05, 4.69) is 5.10 Å². The van der Waals surface area contributed by atoms with E-state index in [4.69, 9.17) is 0 Å². The maximum atomic E-state index is 13.5. The molecule has 8 heteroatoms. The van der Waals surface area contributed by atoms with Crippen molar-refractivity contribution < 1.29 is 18.7 Å². The minimum Gasteiger partial charge on any atom is -0.465 e. The summed E-state index contributed by atoms with van der Waals surface area (Å²) in [4.78, 5) is 24.9. The predicted molar refractivity (Wildman–Crippen MR) is 105 cm³/mol. The zero-order chi connectivity index (χ0) is 21.0. The summed E-state index contributed by atoms with van der Waals surface area (Å²) in [6.07, 6.45) is 1.08. The van der Waals surface area contributed by atoms with Gasteiger partial charge in [0, 0.05) is 37.0 Å². The van der Waals surface area contributed by atoms with Gasteiger partial charge in [-0.3, -0.25) is 9.69 Å². The molecule has 0 radical (unpaired) electrons. The SMILES string of the molecule is CCCN(C(=O)O)c1cccc(Cc2nn(-c3cc(F)cc(F)c3)ccc2=O)c1. The molecule has 0 spiro atoms. The molecule has 0 saturated heterocycles. The Hall–Kier alpha value is -3.55. The summed E-state index contributed by atoms with van der Waals surface area (Å²) in [6, 6.07) is 11.1. The fourth-order valence-corrected chi connectivity index (χ4v) is 2.97. The maximum absolute atomic E-state index is 13.5. The van der Waals surface area contributed by atoms with Gasteiger partial charge in [0.05, 0.1) is 5.69 Å². The van der Waals surface area contributed by atoms with Crippen LogP contribution in [0.15, 0.2) is 59.5 Å². The Balaban J connectivity index is 1.93. The molecule has 0 aliphatic carbocycles. The Kier molecular flexibility index (Phi) is 6.01. The summed E-state index contributed by atoms with van der Waals surface area (Å²) in [5.41, 5.74) is 1.19. The molecule has 1 aromatic heterocycles. The second-order valence-corrected chi connectivity index (χ2v) is 6.48. The number of rotatable bonds is 6. The molecule has 2 aromatic carbocycles. The Morgan fingerprint density at radius 2 is 1.86 bits per heavy atom. The number of aromatic nitrogens is 2. The molecule has 6 nitrogen and oxygen atoms in total. The minimum atomic E-state index is -1.06. The van der Waals surface area contributed by atoms with E-state index < -0.39 is 17.7 Å². The number of benzene rings is 2. The molecule has 1 amide bonds. The third kappa shape index (κ3) is 4.84. The normalized spacial score (nSPS) is 10.7. The summed E-state index contributed by atoms with van der Waals surface area (Å²) < 4.78 is 28.2. The van der Waals surface area contributed by atoms with Gasteiger partial charge < -0.3 is 5.11 Å². The van der Waals surface area contributed by atoms with E-state index in [0.717, 1.165) is 18.2 Å². The molecule has 1 heterocycles. The number of halogens is 2. The van der Waals surface area contributed by atoms with Crippen molar-refractivity contribution in [1.82, 2.24) is 9.78 Å². The van der Waals surface area contributed by atoms with Gasteiger partial charge in [-0.25, -0.2) is 18.3 Å². The van der Waals surface area contributed by atoms with Crippen molar-refractivity contribution in [3.05, 3.63) is 87.8 Å². The fourth-order valence-electron chi connectivity index (χ4n) is 2.97. The topological polar surface area (TPSA) is 75.4 Å². The van der Waals surface area contributed by atoms with Crippen LogP contribution in [0, 0.1) is 11.6 Å². The van der Waals surface area contributed by atoms with Gasteiger partial charge in [-0.2, -0.15) is 5.10 Å². The molecule has 0 atom stereocenters. The van der Waals surface area contributed by atoms with Crippen LogP contribution in [0.3, 0.4) is 0 Å². The zero-order valence-corrected chi connectivity index (χ0v) is 15.7. The van der Waals surface area contributed by atoms with E-state index in [-0.39, 0.29) is 23.2 Å². The lowest BCUT2D eigenvalue weighted by molar-refractivity contribution is 0.202. The molecule has 0 fully saturated rings. The molecule has 3 rings (SSSR count). The highest BCUT2D eigenvalue weighted by Gasteiger charge is 2.14. The van der Waals surface area contributed by atoms with Gasteiger partial charge in [0.1, 0.15) is 17.3 Å². The molecule has 0 saturated carbocycles. The van der Waals surface area contributed by atoms with Gasteiger partial charge in [-0.1, -0.05) is 19.1 Å². The summed E-state index contributed by atoms with van der Waals surface area (Å²) in [6.45, 7) is 2.23. The first kappa shape index (κ1) is 20.2. The first-order chi connectivity index (χ1) is 13.9. The van der Waals surface area contributed by atoms with Crippen molar-refractivity contribution in [2.24, 2.45) is 0 Å². The third-order valence-electron chi connectivity index (χ3n) is 4.26. The van der Waals surface area contributed by atoms with Crippen molar-refractivity contribution in [2.75, 3.05) is 11.4 Å². The average molecular weight is 399 g/mol. The second-order valence-electron chi connectivity index (χ2n) is 6.48. The summed E-state index contributed by atoms with van der Waals surface area (Å²) >= 11 is 0. The Morgan fingerprint density at radius 1 is 1.14 bits per heavy atom. The van der Waals surface area contributed by atoms with E-state index in [9.17, 15) is 23.5 Å². The van der Waals surface area contributed by atoms with Crippen LogP contribution in [0.5, 0.6) is 0 Å². The van der Waals surface area contributed by atoms with E-state index in [0.29, 0.717) is 24.2 Å². The highest BCUT2D eigenvalue weighted by atomic mass is 19.1. The van der Waals surface area contributed by atoms with Gasteiger partial charge in [0.2, 0.25) is 5.43 Å². The largest absolute Gasteiger partial charge is 0.465 e. The lowest BCUT2D eigenvalue weighted by Gasteiger charge is -2.19. The van der Waals surface area contributed by atoms with Gasteiger partial charge >= 0.3 is 6.09 Å². The Labute approximate surface area is 165 Å². The highest BCUT2D eigenvalue weighted by Crippen LogP contribution is 2.19. The van der Waals surface area contributed by atoms with Gasteiger partial charge in [0.15, 0.2) is 0 Å². The molecular weight excluding hydrogens is 380 g/mol. The van der Waals surface area contributed by atoms with Crippen molar-refractivity contribution >= 4 is 11.8 Å². The lowest BCUT2D eigenvalue weighted by atomic mass is 10.1. The molecule has 1 N–H and O–H groups in total. The number of anilines is 1. The Morgan fingerprint density at radius 3 is 2.52 bits per heavy atom. The van der Waals surface area contributed by atoms with Crippen LogP contribution < -0.4 is 10.3 Å². The molecular formula is C21H19F2N3O3. The van der Waals surface area contributed by atoms with E-state index in [1.54, 1.807) is 24.3 Å². The van der Waals surface area contributed by atoms with Crippen molar-refractivity contribution in [1.29, 1.82) is 0 Å². The standard InChI is InChI=1S/C21H19F2N3O3/c1-2-7-25(21(28)29)17-5-3-4-14(9-17)10-19-20(27)6-8-26(24-19)18-12-15(22)11-16(23)13-18/h3-6,8-9,11-13H,2,7,10H2,1H3,(H,28,29). The summed E-state index contributed by atoms with van der Waals surface area (Å²) in [5, 5.41) is 13.6. The Bertz CT molecular complexity index is 1080.